The van der Waals surface area contributed by atoms with Crippen LogP contribution in [0.1, 0.15) is 81.1 Å². The predicted octanol–water partition coefficient (Wildman–Crippen LogP) is 6.05. The fourth-order valence-electron chi connectivity index (χ4n) is 7.41. The van der Waals surface area contributed by atoms with Gasteiger partial charge in [0.25, 0.3) is 0 Å². The Kier molecular flexibility index (Phi) is 4.72. The van der Waals surface area contributed by atoms with Crippen LogP contribution in [0.3, 0.4) is 0 Å². The highest BCUT2D eigenvalue weighted by molar-refractivity contribution is 5.89. The van der Waals surface area contributed by atoms with Crippen LogP contribution in [0, 0.1) is 35.5 Å². The normalized spacial score (nSPS) is 40.1. The van der Waals surface area contributed by atoms with Crippen LogP contribution in [-0.4, -0.2) is 17.9 Å². The molecule has 0 bridgehead atoms. The van der Waals surface area contributed by atoms with E-state index < -0.39 is 0 Å². The van der Waals surface area contributed by atoms with Crippen LogP contribution in [-0.2, 0) is 9.53 Å². The van der Waals surface area contributed by atoms with Crippen LogP contribution in [0.25, 0.3) is 0 Å². The minimum atomic E-state index is -0.198. The Morgan fingerprint density at radius 1 is 1.00 bits per heavy atom. The summed E-state index contributed by atoms with van der Waals surface area (Å²) in [7, 11) is 0. The monoisotopic (exact) mass is 406 g/mol. The average Bonchev–Trinajstić information content (AvgIpc) is 3.03. The summed E-state index contributed by atoms with van der Waals surface area (Å²) in [6.07, 6.45) is 10.6. The topological polar surface area (TPSA) is 43.4 Å². The number of rotatable bonds is 2. The van der Waals surface area contributed by atoms with Gasteiger partial charge in [-0.05, 0) is 80.8 Å². The van der Waals surface area contributed by atoms with Crippen LogP contribution >= 0.6 is 0 Å². The molecule has 0 aromatic heterocycles. The highest BCUT2D eigenvalue weighted by Crippen LogP contribution is 2.64. The van der Waals surface area contributed by atoms with E-state index >= 15 is 0 Å². The molecule has 160 valence electrons. The molecule has 4 aliphatic carbocycles. The predicted molar refractivity (Wildman–Crippen MR) is 117 cm³/mol. The summed E-state index contributed by atoms with van der Waals surface area (Å²) in [6, 6.07) is 7.64. The van der Waals surface area contributed by atoms with Crippen molar-refractivity contribution >= 4 is 11.8 Å². The van der Waals surface area contributed by atoms with Gasteiger partial charge in [0.15, 0.2) is 0 Å². The van der Waals surface area contributed by atoms with E-state index in [0.717, 1.165) is 50.5 Å². The second-order valence-electron chi connectivity index (χ2n) is 10.8. The standard InChI is InChI=1S/C27H34O3/c1-17-4-6-18(7-5-17)25(29)30-20-12-14-26(2)19(16-20)8-9-21-22-10-11-24(28)27(22,3)15-13-23(21)26/h4-8,20-23H,9-16H2,1-3H3/t20-,21?,22?,23?,26-,27-/m0/s1. The molecule has 0 radical (unpaired) electrons. The van der Waals surface area contributed by atoms with Gasteiger partial charge in [0.2, 0.25) is 0 Å². The summed E-state index contributed by atoms with van der Waals surface area (Å²) in [5.41, 5.74) is 3.44. The number of carbonyl (C=O) groups is 2. The Balaban J connectivity index is 1.31. The first-order valence-electron chi connectivity index (χ1n) is 11.8. The van der Waals surface area contributed by atoms with Crippen molar-refractivity contribution in [3.63, 3.8) is 0 Å². The zero-order chi connectivity index (χ0) is 21.1. The highest BCUT2D eigenvalue weighted by Gasteiger charge is 2.58. The molecule has 3 unspecified atom stereocenters. The second kappa shape index (κ2) is 7.07. The van der Waals surface area contributed by atoms with Gasteiger partial charge in [-0.25, -0.2) is 4.79 Å². The zero-order valence-electron chi connectivity index (χ0n) is 18.6. The summed E-state index contributed by atoms with van der Waals surface area (Å²) < 4.78 is 5.92. The van der Waals surface area contributed by atoms with Crippen molar-refractivity contribution in [2.75, 3.05) is 0 Å². The largest absolute Gasteiger partial charge is 0.458 e. The van der Waals surface area contributed by atoms with Gasteiger partial charge in [-0.1, -0.05) is 43.2 Å². The molecule has 0 N–H and O–H groups in total. The molecule has 1 aromatic carbocycles. The van der Waals surface area contributed by atoms with E-state index in [1.807, 2.05) is 31.2 Å². The first kappa shape index (κ1) is 20.0. The fourth-order valence-corrected chi connectivity index (χ4v) is 7.41. The smallest absolute Gasteiger partial charge is 0.338 e. The van der Waals surface area contributed by atoms with E-state index in [-0.39, 0.29) is 22.9 Å². The lowest BCUT2D eigenvalue weighted by Crippen LogP contribution is -2.50. The minimum absolute atomic E-state index is 0.0170. The lowest BCUT2D eigenvalue weighted by atomic mass is 9.48. The molecule has 0 amide bonds. The molecule has 0 heterocycles. The maximum absolute atomic E-state index is 12.6. The van der Waals surface area contributed by atoms with Gasteiger partial charge < -0.3 is 4.74 Å². The minimum Gasteiger partial charge on any atom is -0.458 e. The third-order valence-corrected chi connectivity index (χ3v) is 9.33. The SMILES string of the molecule is Cc1ccc(C(=O)O[C@H]2CC[C@@]3(C)C(=CCC4C3CC[C@]3(C)C(=O)CCC43)C2)cc1. The van der Waals surface area contributed by atoms with Crippen molar-refractivity contribution < 1.29 is 14.3 Å². The molecule has 4 aliphatic rings. The number of allylic oxidation sites excluding steroid dienone is 1. The molecule has 0 aliphatic heterocycles. The van der Waals surface area contributed by atoms with E-state index in [0.29, 0.717) is 29.1 Å². The zero-order valence-corrected chi connectivity index (χ0v) is 18.6. The summed E-state index contributed by atoms with van der Waals surface area (Å²) in [6.45, 7) is 6.72. The van der Waals surface area contributed by atoms with Gasteiger partial charge >= 0.3 is 5.97 Å². The number of hydrogen-bond donors (Lipinski definition) is 0. The Hall–Kier alpha value is -1.90. The molecular formula is C27H34O3. The number of benzene rings is 1. The summed E-state index contributed by atoms with van der Waals surface area (Å²) >= 11 is 0. The number of hydrogen-bond acceptors (Lipinski definition) is 3. The third-order valence-electron chi connectivity index (χ3n) is 9.33. The van der Waals surface area contributed by atoms with E-state index in [4.69, 9.17) is 4.74 Å². The van der Waals surface area contributed by atoms with Crippen LogP contribution in [0.15, 0.2) is 35.9 Å². The lowest BCUT2D eigenvalue weighted by molar-refractivity contribution is -0.132. The van der Waals surface area contributed by atoms with Crippen molar-refractivity contribution in [1.29, 1.82) is 0 Å². The van der Waals surface area contributed by atoms with Gasteiger partial charge in [0.1, 0.15) is 11.9 Å². The van der Waals surface area contributed by atoms with Gasteiger partial charge in [0.05, 0.1) is 5.56 Å². The van der Waals surface area contributed by atoms with E-state index in [1.165, 1.54) is 12.0 Å². The molecule has 3 heteroatoms. The number of Topliss-reactive ketones (excluding diaryl/α,β-unsaturated/α-hetero) is 1. The molecule has 30 heavy (non-hydrogen) atoms. The first-order chi connectivity index (χ1) is 14.3. The lowest BCUT2D eigenvalue weighted by Gasteiger charge is -2.56. The third kappa shape index (κ3) is 2.99. The molecule has 5 rings (SSSR count). The average molecular weight is 407 g/mol. The van der Waals surface area contributed by atoms with Crippen LogP contribution in [0.4, 0.5) is 0 Å². The number of fused-ring (bicyclic) bond motifs is 5. The molecule has 0 saturated heterocycles. The Bertz CT molecular complexity index is 897. The van der Waals surface area contributed by atoms with Crippen molar-refractivity contribution in [3.05, 3.63) is 47.0 Å². The van der Waals surface area contributed by atoms with E-state index in [2.05, 4.69) is 19.9 Å². The summed E-state index contributed by atoms with van der Waals surface area (Å²) in [4.78, 5) is 25.2. The molecule has 3 fully saturated rings. The van der Waals surface area contributed by atoms with Crippen molar-refractivity contribution in [1.82, 2.24) is 0 Å². The number of carbonyl (C=O) groups excluding carboxylic acids is 2. The van der Waals surface area contributed by atoms with Crippen LogP contribution in [0.5, 0.6) is 0 Å². The van der Waals surface area contributed by atoms with E-state index in [9.17, 15) is 9.59 Å². The molecule has 3 nitrogen and oxygen atoms in total. The number of aryl methyl sites for hydroxylation is 1. The first-order valence-corrected chi connectivity index (χ1v) is 11.8. The number of ether oxygens (including phenoxy) is 1. The van der Waals surface area contributed by atoms with E-state index in [1.54, 1.807) is 0 Å². The Morgan fingerprint density at radius 3 is 2.47 bits per heavy atom. The van der Waals surface area contributed by atoms with Crippen molar-refractivity contribution in [3.8, 4) is 0 Å². The highest BCUT2D eigenvalue weighted by atomic mass is 16.5. The quantitative estimate of drug-likeness (QED) is 0.443. The molecule has 0 spiro atoms. The summed E-state index contributed by atoms with van der Waals surface area (Å²) in [5, 5.41) is 0. The van der Waals surface area contributed by atoms with Crippen LogP contribution < -0.4 is 0 Å². The molecule has 3 saturated carbocycles. The summed E-state index contributed by atoms with van der Waals surface area (Å²) in [5.74, 6) is 2.20. The molecule has 6 atom stereocenters. The van der Waals surface area contributed by atoms with Crippen molar-refractivity contribution in [2.24, 2.45) is 28.6 Å². The number of ketones is 1. The molecule has 1 aromatic rings. The Morgan fingerprint density at radius 2 is 1.70 bits per heavy atom. The maximum Gasteiger partial charge on any atom is 0.338 e. The van der Waals surface area contributed by atoms with Crippen molar-refractivity contribution in [2.45, 2.75) is 78.2 Å². The second-order valence-corrected chi connectivity index (χ2v) is 10.8. The number of esters is 1. The van der Waals surface area contributed by atoms with Gasteiger partial charge in [-0.2, -0.15) is 0 Å². The van der Waals surface area contributed by atoms with Gasteiger partial charge in [-0.3, -0.25) is 4.79 Å². The maximum atomic E-state index is 12.6. The molecular weight excluding hydrogens is 372 g/mol. The fraction of sp³-hybridized carbons (Fsp3) is 0.630. The van der Waals surface area contributed by atoms with Gasteiger partial charge in [0, 0.05) is 18.3 Å². The van der Waals surface area contributed by atoms with Crippen LogP contribution in [0.2, 0.25) is 0 Å². The Labute approximate surface area is 180 Å². The van der Waals surface area contributed by atoms with Gasteiger partial charge in [-0.15, -0.1) is 0 Å².